The van der Waals surface area contributed by atoms with Gasteiger partial charge in [0, 0.05) is 29.2 Å². The zero-order valence-electron chi connectivity index (χ0n) is 25.8. The lowest BCUT2D eigenvalue weighted by molar-refractivity contribution is -0.939. The van der Waals surface area contributed by atoms with Crippen molar-refractivity contribution in [2.24, 2.45) is 11.8 Å². The van der Waals surface area contributed by atoms with Crippen molar-refractivity contribution in [3.63, 3.8) is 0 Å². The summed E-state index contributed by atoms with van der Waals surface area (Å²) in [5.74, 6) is 0.277. The zero-order chi connectivity index (χ0) is 31.2. The highest BCUT2D eigenvalue weighted by Gasteiger charge is 2.35. The third-order valence-corrected chi connectivity index (χ3v) is 9.16. The highest BCUT2D eigenvalue weighted by molar-refractivity contribution is 5.72. The number of carbonyl (C=O) groups excluding carboxylic acids is 1. The van der Waals surface area contributed by atoms with Crippen molar-refractivity contribution in [3.05, 3.63) is 65.6 Å². The van der Waals surface area contributed by atoms with Crippen molar-refractivity contribution in [2.75, 3.05) is 31.7 Å². The van der Waals surface area contributed by atoms with Crippen LogP contribution in [-0.4, -0.2) is 51.8 Å². The van der Waals surface area contributed by atoms with Gasteiger partial charge in [-0.1, -0.05) is 25.4 Å². The van der Waals surface area contributed by atoms with Crippen molar-refractivity contribution >= 4 is 17.6 Å². The van der Waals surface area contributed by atoms with Crippen LogP contribution >= 0.6 is 0 Å². The standard InChI is InChI=1S/C33H43F2N5O3/c1-6-40(7-2,8-3)21-43-32(41)23-9-12-26(13-10-23)33(5,42)28-14-11-25(20-37-28)27-17-22(4)18-30(38-27)39-29-19-24(31(34)35)15-16-36-29/h11,14-20,23,26,31H,6-10,12-13,21H2,1-5H3,(H,36,38,39)/t23?,26?,33-/m1/s1. The number of ether oxygens (including phenoxy) is 1. The van der Waals surface area contributed by atoms with Gasteiger partial charge in [-0.05, 0) is 88.4 Å². The maximum atomic E-state index is 13.9. The molecule has 0 amide bonds. The first-order valence-electron chi connectivity index (χ1n) is 15.2. The number of halogens is 2. The maximum Gasteiger partial charge on any atom is 0.313 e. The predicted octanol–water partition coefficient (Wildman–Crippen LogP) is 6.29. The second kappa shape index (κ2) is 13.9. The summed E-state index contributed by atoms with van der Waals surface area (Å²) in [7, 11) is 0. The Bertz CT molecular complexity index is 1360. The van der Waals surface area contributed by atoms with Crippen LogP contribution in [0.3, 0.4) is 0 Å². The van der Waals surface area contributed by atoms with E-state index in [4.69, 9.17) is 4.74 Å². The highest BCUT2D eigenvalue weighted by atomic mass is 19.3. The van der Waals surface area contributed by atoms with Crippen LogP contribution in [0.25, 0.3) is 11.3 Å². The fourth-order valence-electron chi connectivity index (χ4n) is 5.85. The first-order chi connectivity index (χ1) is 20.5. The lowest BCUT2D eigenvalue weighted by Gasteiger charge is -2.46. The quantitative estimate of drug-likeness (QED) is 0.149. The number of nitrogens with zero attached hydrogens (tertiary/aromatic N) is 4. The zero-order valence-corrected chi connectivity index (χ0v) is 25.8. The number of aryl methyl sites for hydroxylation is 1. The molecule has 0 saturated heterocycles. The molecule has 1 saturated carbocycles. The smallest absolute Gasteiger partial charge is 0.313 e. The number of rotatable bonds is 12. The van der Waals surface area contributed by atoms with Gasteiger partial charge in [0.2, 0.25) is 6.73 Å². The minimum Gasteiger partial charge on any atom is -0.845 e. The highest BCUT2D eigenvalue weighted by Crippen LogP contribution is 2.39. The Balaban J connectivity index is 1.39. The summed E-state index contributed by atoms with van der Waals surface area (Å²) in [5, 5.41) is 16.9. The Hall–Kier alpha value is -3.50. The molecule has 0 aromatic carbocycles. The van der Waals surface area contributed by atoms with E-state index in [1.807, 2.05) is 19.1 Å². The van der Waals surface area contributed by atoms with Crippen LogP contribution in [0, 0.1) is 18.8 Å². The second-order valence-corrected chi connectivity index (χ2v) is 11.8. The molecule has 1 atom stereocenters. The summed E-state index contributed by atoms with van der Waals surface area (Å²) in [5.41, 5.74) is 1.20. The molecule has 3 aromatic rings. The van der Waals surface area contributed by atoms with Gasteiger partial charge in [-0.2, -0.15) is 0 Å². The van der Waals surface area contributed by atoms with Crippen LogP contribution < -0.4 is 10.4 Å². The van der Waals surface area contributed by atoms with E-state index in [1.54, 1.807) is 25.3 Å². The molecule has 8 nitrogen and oxygen atoms in total. The van der Waals surface area contributed by atoms with Crippen LogP contribution in [0.2, 0.25) is 0 Å². The van der Waals surface area contributed by atoms with E-state index in [0.717, 1.165) is 35.2 Å². The summed E-state index contributed by atoms with van der Waals surface area (Å²) in [6.07, 6.45) is 2.96. The normalized spacial score (nSPS) is 18.7. The van der Waals surface area contributed by atoms with Crippen LogP contribution in [0.5, 0.6) is 0 Å². The first-order valence-corrected chi connectivity index (χ1v) is 15.2. The van der Waals surface area contributed by atoms with Crippen LogP contribution in [-0.2, 0) is 15.1 Å². The minimum absolute atomic E-state index is 0.124. The molecule has 232 valence electrons. The summed E-state index contributed by atoms with van der Waals surface area (Å²) in [6.45, 7) is 13.1. The number of carbonyl (C=O) groups is 1. The molecule has 3 heterocycles. The number of hydrogen-bond donors (Lipinski definition) is 1. The number of esters is 1. The third kappa shape index (κ3) is 7.72. The molecule has 1 fully saturated rings. The molecule has 0 bridgehead atoms. The van der Waals surface area contributed by atoms with Crippen molar-refractivity contribution in [3.8, 4) is 11.3 Å². The molecule has 4 rings (SSSR count). The molecule has 0 radical (unpaired) electrons. The van der Waals surface area contributed by atoms with Crippen molar-refractivity contribution < 1.29 is 27.9 Å². The number of nitrogens with one attached hydrogen (secondary N) is 1. The Morgan fingerprint density at radius 2 is 1.74 bits per heavy atom. The van der Waals surface area contributed by atoms with Gasteiger partial charge >= 0.3 is 5.97 Å². The Kier molecular flexibility index (Phi) is 10.4. The van der Waals surface area contributed by atoms with E-state index in [1.165, 1.54) is 18.3 Å². The Morgan fingerprint density at radius 1 is 1.05 bits per heavy atom. The number of hydrogen-bond acceptors (Lipinski definition) is 7. The summed E-state index contributed by atoms with van der Waals surface area (Å²) in [6, 6.07) is 9.86. The van der Waals surface area contributed by atoms with E-state index in [9.17, 15) is 18.7 Å². The number of anilines is 2. The maximum absolute atomic E-state index is 13.9. The van der Waals surface area contributed by atoms with E-state index >= 15 is 0 Å². The summed E-state index contributed by atoms with van der Waals surface area (Å²) in [4.78, 5) is 26.1. The van der Waals surface area contributed by atoms with Gasteiger partial charge < -0.3 is 15.2 Å². The fraction of sp³-hybridized carbons (Fsp3) is 0.515. The average Bonchev–Trinajstić information content (AvgIpc) is 3.02. The number of quaternary nitrogens is 1. The number of aromatic nitrogens is 3. The lowest BCUT2D eigenvalue weighted by Crippen LogP contribution is -2.50. The Morgan fingerprint density at radius 3 is 2.35 bits per heavy atom. The van der Waals surface area contributed by atoms with Gasteiger partial charge in [0.1, 0.15) is 11.6 Å². The number of pyridine rings is 3. The summed E-state index contributed by atoms with van der Waals surface area (Å²) >= 11 is 0. The van der Waals surface area contributed by atoms with Gasteiger partial charge in [0.15, 0.2) is 0 Å². The van der Waals surface area contributed by atoms with Crippen LogP contribution in [0.15, 0.2) is 48.8 Å². The van der Waals surface area contributed by atoms with Gasteiger partial charge in [0.05, 0.1) is 31.2 Å². The number of alkyl halides is 2. The van der Waals surface area contributed by atoms with Crippen molar-refractivity contribution in [1.29, 1.82) is 0 Å². The third-order valence-electron chi connectivity index (χ3n) is 9.16. The SMILES string of the molecule is CC[N+](CC)(CC)COC(=O)C1CCC([C@@](C)([O-])c2ccc(-c3cc(C)cc(Nc4cc(C(F)F)ccn4)n3)cn2)CC1. The molecule has 1 aliphatic carbocycles. The summed E-state index contributed by atoms with van der Waals surface area (Å²) < 4.78 is 32.7. The molecular formula is C33H43F2N5O3. The lowest BCUT2D eigenvalue weighted by atomic mass is 9.73. The molecule has 10 heteroatoms. The van der Waals surface area contributed by atoms with Gasteiger partial charge in [-0.25, -0.2) is 18.7 Å². The average molecular weight is 596 g/mol. The molecule has 0 unspecified atom stereocenters. The molecule has 0 spiro atoms. The van der Waals surface area contributed by atoms with Crippen molar-refractivity contribution in [2.45, 2.75) is 72.3 Å². The monoisotopic (exact) mass is 595 g/mol. The van der Waals surface area contributed by atoms with Crippen LogP contribution in [0.4, 0.5) is 20.4 Å². The topological polar surface area (TPSA) is 100 Å². The van der Waals surface area contributed by atoms with E-state index in [0.29, 0.717) is 49.6 Å². The molecule has 43 heavy (non-hydrogen) atoms. The molecular weight excluding hydrogens is 552 g/mol. The largest absolute Gasteiger partial charge is 0.845 e. The molecule has 1 N–H and O–H groups in total. The minimum atomic E-state index is -2.59. The predicted molar refractivity (Wildman–Crippen MR) is 160 cm³/mol. The van der Waals surface area contributed by atoms with Gasteiger partial charge in [0.25, 0.3) is 6.43 Å². The molecule has 3 aromatic heterocycles. The first kappa shape index (κ1) is 32.4. The molecule has 0 aliphatic heterocycles. The fourth-order valence-corrected chi connectivity index (χ4v) is 5.85. The van der Waals surface area contributed by atoms with E-state index < -0.39 is 12.0 Å². The van der Waals surface area contributed by atoms with E-state index in [2.05, 4.69) is 41.0 Å². The van der Waals surface area contributed by atoms with Crippen LogP contribution in [0.1, 0.15) is 76.6 Å². The van der Waals surface area contributed by atoms with Gasteiger partial charge in [-0.3, -0.25) is 14.3 Å². The van der Waals surface area contributed by atoms with Crippen molar-refractivity contribution in [1.82, 2.24) is 15.0 Å². The second-order valence-electron chi connectivity index (χ2n) is 11.8. The molecule has 1 aliphatic rings. The van der Waals surface area contributed by atoms with E-state index in [-0.39, 0.29) is 29.2 Å². The Labute approximate surface area is 253 Å². The van der Waals surface area contributed by atoms with Gasteiger partial charge in [-0.15, -0.1) is 0 Å².